The normalized spacial score (nSPS) is 14.6. The van der Waals surface area contributed by atoms with Gasteiger partial charge in [-0.3, -0.25) is 0 Å². The van der Waals surface area contributed by atoms with Crippen LogP contribution in [0.1, 0.15) is 35.8 Å². The lowest BCUT2D eigenvalue weighted by Gasteiger charge is -2.28. The first-order valence-electron chi connectivity index (χ1n) is 7.35. The summed E-state index contributed by atoms with van der Waals surface area (Å²) < 4.78 is 2.18. The van der Waals surface area contributed by atoms with Gasteiger partial charge in [-0.1, -0.05) is 0 Å². The molecule has 0 bridgehead atoms. The Hall–Kier alpha value is -3.14. The molecule has 0 saturated heterocycles. The molecule has 0 aliphatic heterocycles. The monoisotopic (exact) mass is 307 g/mol. The van der Waals surface area contributed by atoms with Gasteiger partial charge in [0.25, 0.3) is 0 Å². The van der Waals surface area contributed by atoms with Crippen molar-refractivity contribution in [3.63, 3.8) is 0 Å². The fourth-order valence-corrected chi connectivity index (χ4v) is 2.89. The molecule has 1 fully saturated rings. The van der Waals surface area contributed by atoms with Crippen LogP contribution < -0.4 is 0 Å². The molecule has 1 aliphatic rings. The third kappa shape index (κ3) is 2.07. The number of nitrogens with zero attached hydrogens (tertiary/aromatic N) is 5. The molecule has 4 rings (SSSR count). The molecule has 1 N–H and O–H groups in total. The predicted molar refractivity (Wildman–Crippen MR) is 83.0 cm³/mol. The first kappa shape index (κ1) is 13.5. The summed E-state index contributed by atoms with van der Waals surface area (Å²) in [6, 6.07) is 6.10. The smallest absolute Gasteiger partial charge is 0.358 e. The molecule has 3 aromatic rings. The highest BCUT2D eigenvalue weighted by Crippen LogP contribution is 2.39. The lowest BCUT2D eigenvalue weighted by Crippen LogP contribution is -2.15. The molecule has 7 nitrogen and oxygen atoms in total. The van der Waals surface area contributed by atoms with E-state index >= 15 is 0 Å². The third-order valence-electron chi connectivity index (χ3n) is 4.33. The van der Waals surface area contributed by atoms with Crippen LogP contribution in [0.3, 0.4) is 0 Å². The second kappa shape index (κ2) is 4.95. The Morgan fingerprint density at radius 1 is 1.39 bits per heavy atom. The lowest BCUT2D eigenvalue weighted by atomic mass is 9.93. The topological polar surface area (TPSA) is 77.3 Å². The van der Waals surface area contributed by atoms with E-state index < -0.39 is 5.97 Å². The molecule has 0 unspecified atom stereocenters. The first-order chi connectivity index (χ1) is 11.2. The number of hydrogen-bond acceptors (Lipinski definition) is 3. The van der Waals surface area contributed by atoms with Crippen LogP contribution in [0.4, 0.5) is 5.69 Å². The Morgan fingerprint density at radius 2 is 2.22 bits per heavy atom. The average Bonchev–Trinajstić information content (AvgIpc) is 3.10. The van der Waals surface area contributed by atoms with Gasteiger partial charge in [-0.25, -0.2) is 9.64 Å². The third-order valence-corrected chi connectivity index (χ3v) is 4.33. The van der Waals surface area contributed by atoms with E-state index in [1.165, 1.54) is 17.4 Å². The summed E-state index contributed by atoms with van der Waals surface area (Å²) in [5.41, 5.74) is 2.15. The van der Waals surface area contributed by atoms with Gasteiger partial charge in [0.05, 0.1) is 18.5 Å². The average molecular weight is 307 g/mol. The molecule has 0 atom stereocenters. The maximum Gasteiger partial charge on any atom is 0.358 e. The zero-order chi connectivity index (χ0) is 16.0. The molecule has 0 spiro atoms. The molecular weight excluding hydrogens is 294 g/mol. The largest absolute Gasteiger partial charge is 0.476 e. The summed E-state index contributed by atoms with van der Waals surface area (Å²) in [5, 5.41) is 17.7. The Morgan fingerprint density at radius 3 is 2.83 bits per heavy atom. The number of aromatic nitrogens is 4. The van der Waals surface area contributed by atoms with Gasteiger partial charge in [0.2, 0.25) is 5.69 Å². The molecule has 1 aliphatic carbocycles. The van der Waals surface area contributed by atoms with E-state index in [4.69, 9.17) is 11.7 Å². The van der Waals surface area contributed by atoms with E-state index in [-0.39, 0.29) is 5.69 Å². The highest BCUT2D eigenvalue weighted by Gasteiger charge is 2.22. The summed E-state index contributed by atoms with van der Waals surface area (Å²) in [7, 11) is 0. The highest BCUT2D eigenvalue weighted by molar-refractivity contribution is 5.95. The second-order valence-corrected chi connectivity index (χ2v) is 5.64. The van der Waals surface area contributed by atoms with Crippen LogP contribution in [-0.4, -0.2) is 30.6 Å². The van der Waals surface area contributed by atoms with Crippen molar-refractivity contribution in [2.75, 3.05) is 0 Å². The number of fused-ring (bicyclic) bond motifs is 1. The van der Waals surface area contributed by atoms with E-state index in [0.29, 0.717) is 17.4 Å². The van der Waals surface area contributed by atoms with E-state index in [9.17, 15) is 4.79 Å². The van der Waals surface area contributed by atoms with Crippen molar-refractivity contribution in [2.24, 2.45) is 0 Å². The van der Waals surface area contributed by atoms with Gasteiger partial charge in [0.15, 0.2) is 5.69 Å². The molecule has 2 aromatic heterocycles. The van der Waals surface area contributed by atoms with Crippen molar-refractivity contribution in [2.45, 2.75) is 25.3 Å². The Labute approximate surface area is 131 Å². The van der Waals surface area contributed by atoms with Gasteiger partial charge < -0.3 is 9.67 Å². The van der Waals surface area contributed by atoms with Gasteiger partial charge in [-0.15, -0.1) is 5.10 Å². The number of hydrogen-bond donors (Lipinski definition) is 1. The molecule has 0 amide bonds. The van der Waals surface area contributed by atoms with Crippen LogP contribution in [-0.2, 0) is 0 Å². The van der Waals surface area contributed by atoms with Gasteiger partial charge in [0, 0.05) is 23.1 Å². The van der Waals surface area contributed by atoms with Crippen LogP contribution >= 0.6 is 0 Å². The van der Waals surface area contributed by atoms with Crippen LogP contribution in [0.2, 0.25) is 0 Å². The maximum atomic E-state index is 10.9. The fourth-order valence-electron chi connectivity index (χ4n) is 2.89. The van der Waals surface area contributed by atoms with E-state index in [2.05, 4.69) is 19.6 Å². The van der Waals surface area contributed by atoms with Crippen LogP contribution in [0.5, 0.6) is 0 Å². The number of carboxylic acid groups (broad SMARTS) is 1. The number of carboxylic acids is 1. The summed E-state index contributed by atoms with van der Waals surface area (Å²) in [6.45, 7) is 7.39. The number of rotatable bonds is 3. The summed E-state index contributed by atoms with van der Waals surface area (Å²) >= 11 is 0. The molecule has 1 aromatic carbocycles. The minimum absolute atomic E-state index is 0.109. The summed E-state index contributed by atoms with van der Waals surface area (Å²) in [5.74, 6) is -1.12. The van der Waals surface area contributed by atoms with Gasteiger partial charge in [0.1, 0.15) is 0 Å². The van der Waals surface area contributed by atoms with E-state index in [0.717, 1.165) is 23.7 Å². The molecule has 7 heteroatoms. The van der Waals surface area contributed by atoms with Crippen LogP contribution in [0.25, 0.3) is 21.4 Å². The van der Waals surface area contributed by atoms with Crippen molar-refractivity contribution in [1.29, 1.82) is 0 Å². The number of benzene rings is 1. The van der Waals surface area contributed by atoms with Crippen LogP contribution in [0, 0.1) is 6.57 Å². The Kier molecular flexibility index (Phi) is 2.91. The van der Waals surface area contributed by atoms with E-state index in [1.54, 1.807) is 0 Å². The summed E-state index contributed by atoms with van der Waals surface area (Å²) in [6.07, 6.45) is 6.63. The number of aromatic carboxylic acids is 1. The van der Waals surface area contributed by atoms with Crippen LogP contribution in [0.15, 0.2) is 30.6 Å². The molecule has 0 radical (unpaired) electrons. The van der Waals surface area contributed by atoms with Gasteiger partial charge >= 0.3 is 5.97 Å². The molecular formula is C16H13N5O2. The molecule has 2 heterocycles. The predicted octanol–water partition coefficient (Wildman–Crippen LogP) is 3.20. The lowest BCUT2D eigenvalue weighted by molar-refractivity contribution is 0.0690. The Bertz CT molecular complexity index is 959. The Balaban J connectivity index is 1.83. The molecule has 114 valence electrons. The maximum absolute atomic E-state index is 10.9. The van der Waals surface area contributed by atoms with Gasteiger partial charge in [-0.05, 0) is 37.5 Å². The minimum atomic E-state index is -1.12. The van der Waals surface area contributed by atoms with Crippen molar-refractivity contribution in [3.8, 4) is 5.69 Å². The van der Waals surface area contributed by atoms with Crippen molar-refractivity contribution >= 4 is 22.6 Å². The molecule has 23 heavy (non-hydrogen) atoms. The van der Waals surface area contributed by atoms with Gasteiger partial charge in [-0.2, -0.15) is 9.90 Å². The zero-order valence-electron chi connectivity index (χ0n) is 12.2. The highest BCUT2D eigenvalue weighted by atomic mass is 16.4. The standard InChI is InChI=1S/C16H13N5O2/c1-17-14-9-20(10-3-2-4-10)15-6-5-11(7-12(14)15)21-18-8-13(19-21)16(22)23/h5-10H,2-4H2,(H,22,23). The van der Waals surface area contributed by atoms with Crippen molar-refractivity contribution in [1.82, 2.24) is 19.6 Å². The van der Waals surface area contributed by atoms with E-state index in [1.807, 2.05) is 24.4 Å². The van der Waals surface area contributed by atoms with Crippen molar-refractivity contribution in [3.05, 3.63) is 47.7 Å². The fraction of sp³-hybridized carbons (Fsp3) is 0.250. The minimum Gasteiger partial charge on any atom is -0.476 e. The first-order valence-corrected chi connectivity index (χ1v) is 7.35. The second-order valence-electron chi connectivity index (χ2n) is 5.64. The summed E-state index contributed by atoms with van der Waals surface area (Å²) in [4.78, 5) is 15.8. The van der Waals surface area contributed by atoms with Crippen molar-refractivity contribution < 1.29 is 9.90 Å². The quantitative estimate of drug-likeness (QED) is 0.754. The number of carbonyl (C=O) groups is 1. The molecule has 1 saturated carbocycles. The SMILES string of the molecule is [C-]#[N+]c1cn(C2CCC2)c2ccc(-n3ncc(C(=O)O)n3)cc12. The zero-order valence-corrected chi connectivity index (χ0v) is 12.2.